The van der Waals surface area contributed by atoms with E-state index in [0.29, 0.717) is 5.13 Å². The van der Waals surface area contributed by atoms with Gasteiger partial charge in [0.15, 0.2) is 5.13 Å². The van der Waals surface area contributed by atoms with Crippen molar-refractivity contribution in [3.05, 3.63) is 60.2 Å². The minimum Gasteiger partial charge on any atom is -0.368 e. The molecule has 4 nitrogen and oxygen atoms in total. The van der Waals surface area contributed by atoms with E-state index >= 15 is 0 Å². The van der Waals surface area contributed by atoms with E-state index in [2.05, 4.69) is 10.3 Å². The second-order valence-electron chi connectivity index (χ2n) is 4.38. The molecule has 5 heteroatoms. The van der Waals surface area contributed by atoms with Gasteiger partial charge in [-0.15, -0.1) is 0 Å². The Hall–Kier alpha value is -2.40. The lowest BCUT2D eigenvalue weighted by Crippen LogP contribution is -2.27. The third kappa shape index (κ3) is 2.48. The zero-order chi connectivity index (χ0) is 13.9. The molecule has 0 aliphatic carbocycles. The van der Waals surface area contributed by atoms with Gasteiger partial charge in [0, 0.05) is 0 Å². The summed E-state index contributed by atoms with van der Waals surface area (Å²) < 4.78 is 1.08. The summed E-state index contributed by atoms with van der Waals surface area (Å²) in [5, 5.41) is 3.81. The first-order chi connectivity index (χ1) is 9.74. The molecule has 3 N–H and O–H groups in total. The van der Waals surface area contributed by atoms with Gasteiger partial charge in [-0.25, -0.2) is 4.98 Å². The maximum Gasteiger partial charge on any atom is 0.244 e. The number of nitrogens with zero attached hydrogens (tertiary/aromatic N) is 1. The van der Waals surface area contributed by atoms with Crippen LogP contribution in [0.1, 0.15) is 11.6 Å². The Labute approximate surface area is 120 Å². The molecule has 0 spiro atoms. The Morgan fingerprint density at radius 2 is 1.80 bits per heavy atom. The number of aromatic nitrogens is 1. The molecule has 0 radical (unpaired) electrons. The molecule has 0 bridgehead atoms. The van der Waals surface area contributed by atoms with E-state index in [0.717, 1.165) is 15.8 Å². The van der Waals surface area contributed by atoms with Crippen molar-refractivity contribution in [3.8, 4) is 0 Å². The van der Waals surface area contributed by atoms with Crippen LogP contribution in [0.4, 0.5) is 5.13 Å². The fourth-order valence-electron chi connectivity index (χ4n) is 2.02. The summed E-state index contributed by atoms with van der Waals surface area (Å²) >= 11 is 1.51. The van der Waals surface area contributed by atoms with Gasteiger partial charge in [0.1, 0.15) is 6.04 Å². The molecule has 100 valence electrons. The molecule has 0 fully saturated rings. The zero-order valence-electron chi connectivity index (χ0n) is 10.6. The number of nitrogens with one attached hydrogen (secondary N) is 1. The number of hydrogen-bond donors (Lipinski definition) is 2. The molecule has 0 saturated heterocycles. The summed E-state index contributed by atoms with van der Waals surface area (Å²) in [6.45, 7) is 0. The third-order valence-electron chi connectivity index (χ3n) is 2.98. The Morgan fingerprint density at radius 3 is 2.50 bits per heavy atom. The van der Waals surface area contributed by atoms with Crippen LogP contribution in [0.3, 0.4) is 0 Å². The van der Waals surface area contributed by atoms with Crippen LogP contribution in [0.2, 0.25) is 0 Å². The lowest BCUT2D eigenvalue weighted by Gasteiger charge is -2.14. The first kappa shape index (κ1) is 12.6. The number of nitrogens with two attached hydrogens (primary N) is 1. The van der Waals surface area contributed by atoms with Crippen LogP contribution in [0.15, 0.2) is 54.6 Å². The fourth-order valence-corrected chi connectivity index (χ4v) is 2.92. The van der Waals surface area contributed by atoms with Gasteiger partial charge in [-0.2, -0.15) is 0 Å². The highest BCUT2D eigenvalue weighted by atomic mass is 32.1. The summed E-state index contributed by atoms with van der Waals surface area (Å²) in [6, 6.07) is 16.7. The highest BCUT2D eigenvalue weighted by Crippen LogP contribution is 2.28. The molecule has 0 saturated carbocycles. The van der Waals surface area contributed by atoms with Crippen molar-refractivity contribution in [1.82, 2.24) is 4.98 Å². The van der Waals surface area contributed by atoms with E-state index < -0.39 is 11.9 Å². The standard InChI is InChI=1S/C15H13N3OS/c16-14(19)13(10-6-2-1-3-7-10)18-15-17-11-8-4-5-9-12(11)20-15/h1-9,13H,(H2,16,19)(H,17,18). The second kappa shape index (κ2) is 5.30. The number of anilines is 1. The quantitative estimate of drug-likeness (QED) is 0.773. The van der Waals surface area contributed by atoms with Gasteiger partial charge in [0.25, 0.3) is 0 Å². The number of primary amides is 1. The van der Waals surface area contributed by atoms with Gasteiger partial charge >= 0.3 is 0 Å². The van der Waals surface area contributed by atoms with Crippen molar-refractivity contribution in [2.45, 2.75) is 6.04 Å². The molecule has 1 heterocycles. The van der Waals surface area contributed by atoms with Gasteiger partial charge < -0.3 is 11.1 Å². The average molecular weight is 283 g/mol. The van der Waals surface area contributed by atoms with Gasteiger partial charge in [-0.1, -0.05) is 53.8 Å². The molecular weight excluding hydrogens is 270 g/mol. The molecule has 0 aliphatic heterocycles. The molecular formula is C15H13N3OS. The summed E-state index contributed by atoms with van der Waals surface area (Å²) in [4.78, 5) is 16.1. The van der Waals surface area contributed by atoms with Crippen molar-refractivity contribution in [2.24, 2.45) is 5.73 Å². The van der Waals surface area contributed by atoms with E-state index in [4.69, 9.17) is 5.73 Å². The number of rotatable bonds is 4. The zero-order valence-corrected chi connectivity index (χ0v) is 11.4. The van der Waals surface area contributed by atoms with E-state index in [1.807, 2.05) is 54.6 Å². The van der Waals surface area contributed by atoms with Gasteiger partial charge in [-0.05, 0) is 17.7 Å². The Morgan fingerprint density at radius 1 is 1.10 bits per heavy atom. The van der Waals surface area contributed by atoms with E-state index in [9.17, 15) is 4.79 Å². The Balaban J connectivity index is 1.92. The maximum absolute atomic E-state index is 11.7. The largest absolute Gasteiger partial charge is 0.368 e. The van der Waals surface area contributed by atoms with Crippen molar-refractivity contribution < 1.29 is 4.79 Å². The molecule has 1 amide bonds. The first-order valence-corrected chi connectivity index (χ1v) is 7.02. The number of thiazole rings is 1. The second-order valence-corrected chi connectivity index (χ2v) is 5.41. The predicted octanol–water partition coefficient (Wildman–Crippen LogP) is 2.93. The number of carbonyl (C=O) groups excluding carboxylic acids is 1. The maximum atomic E-state index is 11.7. The van der Waals surface area contributed by atoms with E-state index in [1.165, 1.54) is 11.3 Å². The SMILES string of the molecule is NC(=O)C(Nc1nc2ccccc2s1)c1ccccc1. The fraction of sp³-hybridized carbons (Fsp3) is 0.0667. The molecule has 20 heavy (non-hydrogen) atoms. The minimum absolute atomic E-state index is 0.421. The Kier molecular flexibility index (Phi) is 3.35. The van der Waals surface area contributed by atoms with Crippen LogP contribution in [-0.2, 0) is 4.79 Å². The minimum atomic E-state index is -0.572. The highest BCUT2D eigenvalue weighted by molar-refractivity contribution is 7.22. The van der Waals surface area contributed by atoms with Gasteiger partial charge in [-0.3, -0.25) is 4.79 Å². The van der Waals surface area contributed by atoms with E-state index in [-0.39, 0.29) is 0 Å². The normalized spacial score (nSPS) is 12.2. The molecule has 1 aromatic heterocycles. The summed E-state index contributed by atoms with van der Waals surface area (Å²) in [6.07, 6.45) is 0. The summed E-state index contributed by atoms with van der Waals surface area (Å²) in [7, 11) is 0. The van der Waals surface area contributed by atoms with E-state index in [1.54, 1.807) is 0 Å². The monoisotopic (exact) mass is 283 g/mol. The number of fused-ring (bicyclic) bond motifs is 1. The lowest BCUT2D eigenvalue weighted by atomic mass is 10.1. The van der Waals surface area contributed by atoms with Crippen molar-refractivity contribution in [2.75, 3.05) is 5.32 Å². The highest BCUT2D eigenvalue weighted by Gasteiger charge is 2.18. The number of para-hydroxylation sites is 1. The smallest absolute Gasteiger partial charge is 0.244 e. The van der Waals surface area contributed by atoms with Crippen LogP contribution >= 0.6 is 11.3 Å². The third-order valence-corrected chi connectivity index (χ3v) is 3.95. The predicted molar refractivity (Wildman–Crippen MR) is 81.6 cm³/mol. The number of amides is 1. The topological polar surface area (TPSA) is 68.0 Å². The van der Waals surface area contributed by atoms with Crippen LogP contribution < -0.4 is 11.1 Å². The molecule has 3 rings (SSSR count). The van der Waals surface area contributed by atoms with Crippen LogP contribution in [0.25, 0.3) is 10.2 Å². The van der Waals surface area contributed by atoms with Crippen molar-refractivity contribution in [3.63, 3.8) is 0 Å². The lowest BCUT2D eigenvalue weighted by molar-refractivity contribution is -0.118. The van der Waals surface area contributed by atoms with Crippen LogP contribution in [0.5, 0.6) is 0 Å². The molecule has 3 aromatic rings. The molecule has 2 aromatic carbocycles. The summed E-state index contributed by atoms with van der Waals surface area (Å²) in [5.74, 6) is -0.421. The molecule has 1 atom stereocenters. The van der Waals surface area contributed by atoms with Gasteiger partial charge in [0.2, 0.25) is 5.91 Å². The van der Waals surface area contributed by atoms with Gasteiger partial charge in [0.05, 0.1) is 10.2 Å². The number of carbonyl (C=O) groups is 1. The molecule has 1 unspecified atom stereocenters. The number of benzene rings is 2. The molecule has 0 aliphatic rings. The van der Waals surface area contributed by atoms with Crippen molar-refractivity contribution >= 4 is 32.6 Å². The number of hydrogen-bond acceptors (Lipinski definition) is 4. The van der Waals surface area contributed by atoms with Crippen LogP contribution in [0, 0.1) is 0 Å². The summed E-state index contributed by atoms with van der Waals surface area (Å²) in [5.41, 5.74) is 7.23. The van der Waals surface area contributed by atoms with Crippen molar-refractivity contribution in [1.29, 1.82) is 0 Å². The first-order valence-electron chi connectivity index (χ1n) is 6.20. The Bertz CT molecular complexity index is 706. The average Bonchev–Trinajstić information content (AvgIpc) is 2.88. The van der Waals surface area contributed by atoms with Crippen LogP contribution in [-0.4, -0.2) is 10.9 Å².